The van der Waals surface area contributed by atoms with Crippen LogP contribution in [0, 0.1) is 13.8 Å². The van der Waals surface area contributed by atoms with E-state index >= 15 is 0 Å². The van der Waals surface area contributed by atoms with Crippen LogP contribution in [0.5, 0.6) is 0 Å². The van der Waals surface area contributed by atoms with Gasteiger partial charge in [0, 0.05) is 0 Å². The molecule has 0 unspecified atom stereocenters. The smallest absolute Gasteiger partial charge is 0.177 e. The summed E-state index contributed by atoms with van der Waals surface area (Å²) < 4.78 is 10.8. The van der Waals surface area contributed by atoms with Crippen LogP contribution in [0.3, 0.4) is 0 Å². The van der Waals surface area contributed by atoms with Crippen LogP contribution in [-0.4, -0.2) is 5.11 Å². The zero-order chi connectivity index (χ0) is 11.1. The van der Waals surface area contributed by atoms with Crippen molar-refractivity contribution in [2.75, 3.05) is 0 Å². The normalized spacial score (nSPS) is 12.0. The van der Waals surface area contributed by atoms with E-state index in [2.05, 4.69) is 0 Å². The highest BCUT2D eigenvalue weighted by molar-refractivity contribution is 5.24. The minimum atomic E-state index is -1.21. The van der Waals surface area contributed by atoms with Gasteiger partial charge in [-0.2, -0.15) is 0 Å². The Labute approximate surface area is 88.3 Å². The molecule has 0 aliphatic carbocycles. The van der Waals surface area contributed by atoms with Crippen LogP contribution in [0.25, 0.3) is 0 Å². The Morgan fingerprint density at radius 2 is 1.33 bits per heavy atom. The van der Waals surface area contributed by atoms with Crippen LogP contribution >= 0.6 is 0 Å². The summed E-state index contributed by atoms with van der Waals surface area (Å²) in [6, 6.07) is 7.15. The van der Waals surface area contributed by atoms with Gasteiger partial charge in [-0.1, -0.05) is 0 Å². The molecule has 0 atom stereocenters. The monoisotopic (exact) mass is 206 g/mol. The molecule has 15 heavy (non-hydrogen) atoms. The van der Waals surface area contributed by atoms with Crippen LogP contribution in [0.15, 0.2) is 33.1 Å². The third kappa shape index (κ3) is 1.70. The van der Waals surface area contributed by atoms with Crippen molar-refractivity contribution in [3.8, 4) is 0 Å². The van der Waals surface area contributed by atoms with Crippen LogP contribution in [0.2, 0.25) is 0 Å². The lowest BCUT2D eigenvalue weighted by Gasteiger charge is -2.17. The van der Waals surface area contributed by atoms with Crippen molar-refractivity contribution >= 4 is 0 Å². The Balaban J connectivity index is 2.42. The first-order valence-electron chi connectivity index (χ1n) is 4.86. The Hall–Kier alpha value is -1.48. The second kappa shape index (κ2) is 3.28. The van der Waals surface area contributed by atoms with E-state index < -0.39 is 5.60 Å². The number of aryl methyl sites for hydroxylation is 2. The summed E-state index contributed by atoms with van der Waals surface area (Å²) in [5.41, 5.74) is -1.21. The highest BCUT2D eigenvalue weighted by Crippen LogP contribution is 2.31. The van der Waals surface area contributed by atoms with Gasteiger partial charge in [-0.05, 0) is 45.0 Å². The standard InChI is InChI=1S/C12H14O3/c1-8-4-6-10(14-8)12(3,13)11-7-5-9(2)15-11/h4-7,13H,1-3H3. The molecule has 80 valence electrons. The Morgan fingerprint density at radius 1 is 0.933 bits per heavy atom. The second-order valence-electron chi connectivity index (χ2n) is 3.89. The third-order valence-electron chi connectivity index (χ3n) is 2.44. The van der Waals surface area contributed by atoms with E-state index in [1.54, 1.807) is 19.1 Å². The summed E-state index contributed by atoms with van der Waals surface area (Å²) in [5, 5.41) is 10.3. The highest BCUT2D eigenvalue weighted by atomic mass is 16.4. The molecule has 0 amide bonds. The Bertz CT molecular complexity index is 420. The molecule has 1 N–H and O–H groups in total. The van der Waals surface area contributed by atoms with E-state index in [0.29, 0.717) is 11.5 Å². The third-order valence-corrected chi connectivity index (χ3v) is 2.44. The molecule has 0 aliphatic heterocycles. The molecule has 0 saturated heterocycles. The second-order valence-corrected chi connectivity index (χ2v) is 3.89. The lowest BCUT2D eigenvalue weighted by atomic mass is 10.0. The molecule has 2 aromatic heterocycles. The van der Waals surface area contributed by atoms with Crippen LogP contribution < -0.4 is 0 Å². The molecule has 0 radical (unpaired) electrons. The first-order valence-corrected chi connectivity index (χ1v) is 4.86. The topological polar surface area (TPSA) is 46.5 Å². The van der Waals surface area contributed by atoms with Crippen molar-refractivity contribution in [1.82, 2.24) is 0 Å². The molecule has 0 fully saturated rings. The van der Waals surface area contributed by atoms with Crippen LogP contribution in [-0.2, 0) is 5.60 Å². The molecule has 0 spiro atoms. The fourth-order valence-electron chi connectivity index (χ4n) is 1.51. The van der Waals surface area contributed by atoms with Gasteiger partial charge in [-0.15, -0.1) is 0 Å². The molecule has 0 aliphatic rings. The molecular weight excluding hydrogens is 192 g/mol. The van der Waals surface area contributed by atoms with Crippen LogP contribution in [0.1, 0.15) is 30.0 Å². The van der Waals surface area contributed by atoms with Gasteiger partial charge in [0.25, 0.3) is 0 Å². The van der Waals surface area contributed by atoms with E-state index in [9.17, 15) is 5.11 Å². The summed E-state index contributed by atoms with van der Waals surface area (Å²) in [5.74, 6) is 2.53. The average Bonchev–Trinajstić information content (AvgIpc) is 2.74. The van der Waals surface area contributed by atoms with Gasteiger partial charge in [0.1, 0.15) is 23.0 Å². The van der Waals surface area contributed by atoms with Crippen molar-refractivity contribution in [1.29, 1.82) is 0 Å². The van der Waals surface area contributed by atoms with Crippen molar-refractivity contribution in [2.24, 2.45) is 0 Å². The first kappa shape index (κ1) is 10.1. The minimum Gasteiger partial charge on any atom is -0.463 e. The van der Waals surface area contributed by atoms with Crippen molar-refractivity contribution in [3.05, 3.63) is 47.3 Å². The lowest BCUT2D eigenvalue weighted by Crippen LogP contribution is -2.21. The van der Waals surface area contributed by atoms with Gasteiger partial charge in [-0.25, -0.2) is 0 Å². The molecule has 0 saturated carbocycles. The summed E-state index contributed by atoms with van der Waals surface area (Å²) in [6.45, 7) is 5.34. The van der Waals surface area contributed by atoms with Gasteiger partial charge in [-0.3, -0.25) is 0 Å². The average molecular weight is 206 g/mol. The fraction of sp³-hybridized carbons (Fsp3) is 0.333. The van der Waals surface area contributed by atoms with E-state index in [0.717, 1.165) is 11.5 Å². The molecule has 3 heteroatoms. The largest absolute Gasteiger partial charge is 0.463 e. The molecular formula is C12H14O3. The van der Waals surface area contributed by atoms with E-state index in [4.69, 9.17) is 8.83 Å². The SMILES string of the molecule is Cc1ccc(C(C)(O)c2ccc(C)o2)o1. The van der Waals surface area contributed by atoms with E-state index in [1.807, 2.05) is 26.0 Å². The van der Waals surface area contributed by atoms with E-state index in [-0.39, 0.29) is 0 Å². The van der Waals surface area contributed by atoms with Gasteiger partial charge >= 0.3 is 0 Å². The predicted molar refractivity (Wildman–Crippen MR) is 55.6 cm³/mol. The maximum absolute atomic E-state index is 10.3. The number of hydrogen-bond acceptors (Lipinski definition) is 3. The predicted octanol–water partition coefficient (Wildman–Crippen LogP) is 2.75. The Kier molecular flexibility index (Phi) is 2.20. The molecule has 2 rings (SSSR count). The molecule has 2 aromatic rings. The zero-order valence-electron chi connectivity index (χ0n) is 9.07. The minimum absolute atomic E-state index is 0.495. The van der Waals surface area contributed by atoms with Crippen molar-refractivity contribution in [3.63, 3.8) is 0 Å². The van der Waals surface area contributed by atoms with Gasteiger partial charge in [0.05, 0.1) is 0 Å². The fourth-order valence-corrected chi connectivity index (χ4v) is 1.51. The zero-order valence-corrected chi connectivity index (χ0v) is 9.07. The summed E-state index contributed by atoms with van der Waals surface area (Å²) in [4.78, 5) is 0. The number of furan rings is 2. The highest BCUT2D eigenvalue weighted by Gasteiger charge is 2.32. The summed E-state index contributed by atoms with van der Waals surface area (Å²) in [6.07, 6.45) is 0. The van der Waals surface area contributed by atoms with E-state index in [1.165, 1.54) is 0 Å². The first-order chi connectivity index (χ1) is 7.00. The van der Waals surface area contributed by atoms with Gasteiger partial charge in [0.15, 0.2) is 5.60 Å². The molecule has 0 aromatic carbocycles. The van der Waals surface area contributed by atoms with Crippen molar-refractivity contribution < 1.29 is 13.9 Å². The molecule has 2 heterocycles. The maximum Gasteiger partial charge on any atom is 0.177 e. The molecule has 0 bridgehead atoms. The number of rotatable bonds is 2. The quantitative estimate of drug-likeness (QED) is 0.821. The summed E-state index contributed by atoms with van der Waals surface area (Å²) >= 11 is 0. The van der Waals surface area contributed by atoms with Crippen molar-refractivity contribution in [2.45, 2.75) is 26.4 Å². The Morgan fingerprint density at radius 3 is 1.60 bits per heavy atom. The van der Waals surface area contributed by atoms with Gasteiger partial charge in [0.2, 0.25) is 0 Å². The number of aliphatic hydroxyl groups is 1. The van der Waals surface area contributed by atoms with Crippen LogP contribution in [0.4, 0.5) is 0 Å². The van der Waals surface area contributed by atoms with Gasteiger partial charge < -0.3 is 13.9 Å². The maximum atomic E-state index is 10.3. The number of hydrogen-bond donors (Lipinski definition) is 1. The lowest BCUT2D eigenvalue weighted by molar-refractivity contribution is 0.0521. The molecule has 3 nitrogen and oxygen atoms in total. The summed E-state index contributed by atoms with van der Waals surface area (Å²) in [7, 11) is 0.